The summed E-state index contributed by atoms with van der Waals surface area (Å²) in [5.41, 5.74) is 12.2. The van der Waals surface area contributed by atoms with Gasteiger partial charge in [0, 0.05) is 29.8 Å². The molecule has 3 heteroatoms. The Balaban J connectivity index is 1.89. The first-order chi connectivity index (χ1) is 14.3. The smallest absolute Gasteiger partial charge is 0.141 e. The lowest BCUT2D eigenvalue weighted by atomic mass is 10.0. The molecule has 0 N–H and O–H groups in total. The number of hydrogen-bond acceptors (Lipinski definition) is 0. The fraction of sp³-hybridized carbons (Fsp3) is 0.296. The summed E-state index contributed by atoms with van der Waals surface area (Å²) in [4.78, 5) is 5.11. The van der Waals surface area contributed by atoms with Crippen molar-refractivity contribution in [2.45, 2.75) is 41.5 Å². The lowest BCUT2D eigenvalue weighted by molar-refractivity contribution is 1.01. The van der Waals surface area contributed by atoms with Gasteiger partial charge in [0.1, 0.15) is 5.54 Å². The predicted octanol–water partition coefficient (Wildman–Crippen LogP) is 6.22. The molecule has 1 fully saturated rings. The molecule has 0 saturated carbocycles. The van der Waals surface area contributed by atoms with Gasteiger partial charge in [0.25, 0.3) is 0 Å². The maximum atomic E-state index is 2.55. The van der Waals surface area contributed by atoms with Crippen molar-refractivity contribution >= 4 is 30.4 Å². The zero-order chi connectivity index (χ0) is 21.4. The lowest BCUT2D eigenvalue weighted by Crippen LogP contribution is -2.34. The zero-order valence-electron chi connectivity index (χ0n) is 19.0. The molecule has 3 aromatic carbocycles. The van der Waals surface area contributed by atoms with Gasteiger partial charge in [-0.1, -0.05) is 65.7 Å². The fourth-order valence-corrected chi connectivity index (χ4v) is 6.10. The molecular formula is C27H31N2P. The summed E-state index contributed by atoms with van der Waals surface area (Å²) in [6, 6.07) is 20.1. The summed E-state index contributed by atoms with van der Waals surface area (Å²) in [5.74, 6) is 0. The second-order valence-corrected chi connectivity index (χ2v) is 9.69. The molecule has 1 aliphatic rings. The molecular weight excluding hydrogens is 383 g/mol. The Bertz CT molecular complexity index is 1000. The molecule has 2 nitrogen and oxygen atoms in total. The van der Waals surface area contributed by atoms with E-state index in [1.165, 1.54) is 63.8 Å². The van der Waals surface area contributed by atoms with Crippen LogP contribution in [-0.4, -0.2) is 18.6 Å². The Morgan fingerprint density at radius 1 is 0.600 bits per heavy atom. The van der Waals surface area contributed by atoms with Crippen molar-refractivity contribution in [1.29, 1.82) is 0 Å². The molecule has 1 heterocycles. The molecule has 1 saturated heterocycles. The van der Waals surface area contributed by atoms with E-state index in [1.807, 2.05) is 0 Å². The van der Waals surface area contributed by atoms with E-state index in [2.05, 4.69) is 106 Å². The van der Waals surface area contributed by atoms with Gasteiger partial charge in [0.15, 0.2) is 0 Å². The van der Waals surface area contributed by atoms with E-state index in [0.29, 0.717) is 0 Å². The van der Waals surface area contributed by atoms with E-state index in [0.717, 1.165) is 13.1 Å². The van der Waals surface area contributed by atoms with Crippen molar-refractivity contribution in [3.8, 4) is 0 Å². The number of nitrogens with zero attached hydrogens (tertiary/aromatic N) is 2. The molecule has 0 aromatic heterocycles. The van der Waals surface area contributed by atoms with Crippen molar-refractivity contribution in [2.24, 2.45) is 0 Å². The van der Waals surface area contributed by atoms with Crippen molar-refractivity contribution in [1.82, 2.24) is 0 Å². The highest BCUT2D eigenvalue weighted by molar-refractivity contribution is 7.49. The van der Waals surface area contributed by atoms with Crippen molar-refractivity contribution < 1.29 is 0 Å². The molecule has 0 unspecified atom stereocenters. The zero-order valence-corrected chi connectivity index (χ0v) is 19.8. The Labute approximate surface area is 183 Å². The minimum absolute atomic E-state index is 1.01. The average molecular weight is 415 g/mol. The van der Waals surface area contributed by atoms with Gasteiger partial charge < -0.3 is 9.80 Å². The third-order valence-electron chi connectivity index (χ3n) is 5.83. The molecule has 0 radical (unpaired) electrons. The van der Waals surface area contributed by atoms with Gasteiger partial charge >= 0.3 is 0 Å². The van der Waals surface area contributed by atoms with Crippen LogP contribution in [0.2, 0.25) is 0 Å². The van der Waals surface area contributed by atoms with Crippen LogP contribution >= 0.6 is 8.20 Å². The maximum Gasteiger partial charge on any atom is 0.141 e. The predicted molar refractivity (Wildman–Crippen MR) is 134 cm³/mol. The van der Waals surface area contributed by atoms with Gasteiger partial charge in [0.05, 0.1) is 0 Å². The van der Waals surface area contributed by atoms with Crippen LogP contribution in [0.3, 0.4) is 0 Å². The van der Waals surface area contributed by atoms with Crippen LogP contribution in [0.25, 0.3) is 0 Å². The van der Waals surface area contributed by atoms with E-state index >= 15 is 0 Å². The standard InChI is InChI=1S/C27H31N2P/c1-18-14-20(3)25(21(4)15-18)28-12-13-29(26-22(5)16-19(2)17-23(26)6)27(28)30-24-10-8-7-9-11-24/h7-11,14-17H,12-13H2,1-6H3. The van der Waals surface area contributed by atoms with E-state index in [4.69, 9.17) is 0 Å². The number of rotatable bonds is 3. The topological polar surface area (TPSA) is 6.48 Å². The van der Waals surface area contributed by atoms with E-state index in [-0.39, 0.29) is 0 Å². The molecule has 0 aliphatic carbocycles. The Kier molecular flexibility index (Phi) is 5.71. The lowest BCUT2D eigenvalue weighted by Gasteiger charge is -2.29. The Morgan fingerprint density at radius 2 is 1.00 bits per heavy atom. The maximum absolute atomic E-state index is 2.55. The highest BCUT2D eigenvalue weighted by Gasteiger charge is 2.31. The highest BCUT2D eigenvalue weighted by Crippen LogP contribution is 2.36. The third kappa shape index (κ3) is 3.89. The van der Waals surface area contributed by atoms with E-state index < -0.39 is 0 Å². The van der Waals surface area contributed by atoms with Crippen LogP contribution in [0.5, 0.6) is 0 Å². The van der Waals surface area contributed by atoms with Crippen LogP contribution in [0.4, 0.5) is 11.4 Å². The van der Waals surface area contributed by atoms with Crippen LogP contribution in [0.1, 0.15) is 33.4 Å². The summed E-state index contributed by atoms with van der Waals surface area (Å²) in [6.07, 6.45) is 0. The number of hydrogen-bond donors (Lipinski definition) is 0. The molecule has 0 atom stereocenters. The number of anilines is 2. The van der Waals surface area contributed by atoms with Crippen LogP contribution in [0, 0.1) is 41.5 Å². The minimum Gasteiger partial charge on any atom is -0.322 e. The largest absolute Gasteiger partial charge is 0.322 e. The number of aryl methyl sites for hydroxylation is 6. The van der Waals surface area contributed by atoms with Crippen LogP contribution < -0.4 is 15.1 Å². The molecule has 0 bridgehead atoms. The normalized spacial score (nSPS) is 14.1. The third-order valence-corrected chi connectivity index (χ3v) is 7.07. The summed E-state index contributed by atoms with van der Waals surface area (Å²) in [6.45, 7) is 15.4. The first-order valence-corrected chi connectivity index (χ1v) is 11.6. The van der Waals surface area contributed by atoms with Crippen LogP contribution in [0.15, 0.2) is 54.6 Å². The molecule has 0 amide bonds. The van der Waals surface area contributed by atoms with Gasteiger partial charge in [-0.3, -0.25) is 0 Å². The first kappa shape index (κ1) is 20.7. The quantitative estimate of drug-likeness (QED) is 0.469. The molecule has 3 aromatic rings. The molecule has 0 spiro atoms. The van der Waals surface area contributed by atoms with Crippen LogP contribution in [-0.2, 0) is 0 Å². The second-order valence-electron chi connectivity index (χ2n) is 8.55. The second kappa shape index (κ2) is 8.28. The minimum atomic E-state index is 1.01. The van der Waals surface area contributed by atoms with Crippen molar-refractivity contribution in [3.05, 3.63) is 88.0 Å². The summed E-state index contributed by atoms with van der Waals surface area (Å²) < 4.78 is 0. The molecule has 4 rings (SSSR count). The first-order valence-electron chi connectivity index (χ1n) is 10.7. The van der Waals surface area contributed by atoms with E-state index in [1.54, 1.807) is 0 Å². The molecule has 1 aliphatic heterocycles. The molecule has 30 heavy (non-hydrogen) atoms. The summed E-state index contributed by atoms with van der Waals surface area (Å²) in [5, 5.41) is 1.33. The van der Waals surface area contributed by atoms with Crippen molar-refractivity contribution in [3.63, 3.8) is 0 Å². The number of benzene rings is 3. The summed E-state index contributed by atoms with van der Waals surface area (Å²) >= 11 is 0. The van der Waals surface area contributed by atoms with Gasteiger partial charge in [-0.15, -0.1) is 0 Å². The van der Waals surface area contributed by atoms with Gasteiger partial charge in [-0.05, 0) is 72.0 Å². The molecule has 154 valence electrons. The van der Waals surface area contributed by atoms with Crippen molar-refractivity contribution in [2.75, 3.05) is 22.9 Å². The van der Waals surface area contributed by atoms with Gasteiger partial charge in [0.2, 0.25) is 0 Å². The monoisotopic (exact) mass is 414 g/mol. The Morgan fingerprint density at radius 3 is 1.40 bits per heavy atom. The van der Waals surface area contributed by atoms with Gasteiger partial charge in [-0.2, -0.15) is 0 Å². The van der Waals surface area contributed by atoms with E-state index in [9.17, 15) is 0 Å². The van der Waals surface area contributed by atoms with Gasteiger partial charge in [-0.25, -0.2) is 0 Å². The highest BCUT2D eigenvalue weighted by atomic mass is 31.1. The average Bonchev–Trinajstić information content (AvgIpc) is 3.04. The fourth-order valence-electron chi connectivity index (χ4n) is 4.90. The summed E-state index contributed by atoms with van der Waals surface area (Å²) in [7, 11) is 1.24. The SMILES string of the molecule is Cc1cc(C)c(N2CCN(c3c(C)cc(C)cc3C)C2=Pc2ccccc2)c(C)c1. The Hall–Kier alpha value is -2.57.